The number of rotatable bonds is 3. The van der Waals surface area contributed by atoms with Gasteiger partial charge in [0.1, 0.15) is 0 Å². The van der Waals surface area contributed by atoms with E-state index in [4.69, 9.17) is 6.42 Å². The second-order valence-electron chi connectivity index (χ2n) is 2.68. The van der Waals surface area contributed by atoms with E-state index in [2.05, 4.69) is 30.7 Å². The third-order valence-electron chi connectivity index (χ3n) is 1.17. The van der Waals surface area contributed by atoms with E-state index >= 15 is 0 Å². The summed E-state index contributed by atoms with van der Waals surface area (Å²) in [4.78, 5) is 2.09. The molecule has 0 N–H and O–H groups in total. The van der Waals surface area contributed by atoms with Gasteiger partial charge >= 0.3 is 0 Å². The van der Waals surface area contributed by atoms with Gasteiger partial charge in [0.2, 0.25) is 0 Å². The van der Waals surface area contributed by atoms with Gasteiger partial charge in [-0.15, -0.1) is 6.42 Å². The lowest BCUT2D eigenvalue weighted by Crippen LogP contribution is -2.18. The Morgan fingerprint density at radius 2 is 2.20 bits per heavy atom. The summed E-state index contributed by atoms with van der Waals surface area (Å²) < 4.78 is 0. The molecule has 0 radical (unpaired) electrons. The van der Waals surface area contributed by atoms with Crippen LogP contribution in [0.4, 0.5) is 0 Å². The smallest absolute Gasteiger partial charge is 0.0599 e. The summed E-state index contributed by atoms with van der Waals surface area (Å²) >= 11 is 0. The first kappa shape index (κ1) is 9.26. The molecule has 0 spiro atoms. The first-order valence-electron chi connectivity index (χ1n) is 3.42. The van der Waals surface area contributed by atoms with Gasteiger partial charge in [0.05, 0.1) is 6.54 Å². The van der Waals surface area contributed by atoms with Crippen LogP contribution in [0.3, 0.4) is 0 Å². The molecule has 0 saturated carbocycles. The van der Waals surface area contributed by atoms with Gasteiger partial charge in [0, 0.05) is 6.54 Å². The number of hydrogen-bond acceptors (Lipinski definition) is 1. The molecular weight excluding hydrogens is 122 g/mol. The van der Waals surface area contributed by atoms with Crippen LogP contribution in [0.25, 0.3) is 0 Å². The molecular formula is C9H15N. The quantitative estimate of drug-likeness (QED) is 0.421. The molecule has 0 aliphatic heterocycles. The number of likely N-dealkylation sites (N-methyl/N-ethyl adjacent to an activating group) is 1. The largest absolute Gasteiger partial charge is 0.292 e. The van der Waals surface area contributed by atoms with E-state index in [9.17, 15) is 0 Å². The lowest BCUT2D eigenvalue weighted by atomic mass is 10.3. The van der Waals surface area contributed by atoms with Crippen molar-refractivity contribution in [2.45, 2.75) is 13.8 Å². The van der Waals surface area contributed by atoms with Gasteiger partial charge in [0.25, 0.3) is 0 Å². The van der Waals surface area contributed by atoms with Crippen molar-refractivity contribution in [1.82, 2.24) is 4.90 Å². The second-order valence-corrected chi connectivity index (χ2v) is 2.68. The molecule has 0 aromatic heterocycles. The Hall–Kier alpha value is -0.740. The maximum Gasteiger partial charge on any atom is 0.0599 e. The Bertz CT molecular complexity index is 147. The molecule has 0 heterocycles. The predicted molar refractivity (Wildman–Crippen MR) is 45.8 cm³/mol. The van der Waals surface area contributed by atoms with Crippen LogP contribution < -0.4 is 0 Å². The zero-order chi connectivity index (χ0) is 7.98. The summed E-state index contributed by atoms with van der Waals surface area (Å²) in [6, 6.07) is 0. The fourth-order valence-corrected chi connectivity index (χ4v) is 0.559. The SMILES string of the molecule is C#CCN(C)CC=C(C)C. The van der Waals surface area contributed by atoms with Crippen molar-refractivity contribution in [3.8, 4) is 12.3 Å². The highest BCUT2D eigenvalue weighted by Gasteiger charge is 1.89. The Kier molecular flexibility index (Phi) is 4.70. The van der Waals surface area contributed by atoms with Crippen molar-refractivity contribution in [1.29, 1.82) is 0 Å². The highest BCUT2D eigenvalue weighted by atomic mass is 15.1. The zero-order valence-electron chi connectivity index (χ0n) is 7.02. The summed E-state index contributed by atoms with van der Waals surface area (Å²) in [6.45, 7) is 5.85. The molecule has 0 rings (SSSR count). The molecule has 0 aromatic rings. The number of nitrogens with zero attached hydrogens (tertiary/aromatic N) is 1. The monoisotopic (exact) mass is 137 g/mol. The highest BCUT2D eigenvalue weighted by Crippen LogP contribution is 1.89. The van der Waals surface area contributed by atoms with Gasteiger partial charge in [-0.3, -0.25) is 4.90 Å². The predicted octanol–water partition coefficient (Wildman–Crippen LogP) is 1.52. The van der Waals surface area contributed by atoms with Gasteiger partial charge < -0.3 is 0 Å². The molecule has 0 aliphatic carbocycles. The number of terminal acetylenes is 1. The maximum absolute atomic E-state index is 5.12. The van der Waals surface area contributed by atoms with Crippen LogP contribution in [0.5, 0.6) is 0 Å². The fourth-order valence-electron chi connectivity index (χ4n) is 0.559. The van der Waals surface area contributed by atoms with Crippen LogP contribution in [0.15, 0.2) is 11.6 Å². The fraction of sp³-hybridized carbons (Fsp3) is 0.556. The first-order chi connectivity index (χ1) is 4.66. The Morgan fingerprint density at radius 3 is 2.60 bits per heavy atom. The van der Waals surface area contributed by atoms with Crippen LogP contribution in [0.2, 0.25) is 0 Å². The summed E-state index contributed by atoms with van der Waals surface area (Å²) in [5, 5.41) is 0. The Balaban J connectivity index is 3.51. The number of allylic oxidation sites excluding steroid dienone is 1. The van der Waals surface area contributed by atoms with E-state index < -0.39 is 0 Å². The lowest BCUT2D eigenvalue weighted by molar-refractivity contribution is 0.418. The molecule has 10 heavy (non-hydrogen) atoms. The zero-order valence-corrected chi connectivity index (χ0v) is 7.02. The lowest BCUT2D eigenvalue weighted by Gasteiger charge is -2.09. The average molecular weight is 137 g/mol. The molecule has 0 atom stereocenters. The van der Waals surface area contributed by atoms with Crippen LogP contribution in [-0.4, -0.2) is 25.0 Å². The van der Waals surface area contributed by atoms with Crippen molar-refractivity contribution < 1.29 is 0 Å². The van der Waals surface area contributed by atoms with Crippen molar-refractivity contribution in [2.75, 3.05) is 20.1 Å². The molecule has 1 heteroatoms. The molecule has 56 valence electrons. The normalized spacial score (nSPS) is 9.10. The van der Waals surface area contributed by atoms with Gasteiger partial charge in [-0.25, -0.2) is 0 Å². The van der Waals surface area contributed by atoms with Crippen LogP contribution in [0.1, 0.15) is 13.8 Å². The minimum Gasteiger partial charge on any atom is -0.292 e. The molecule has 1 nitrogen and oxygen atoms in total. The molecule has 0 aromatic carbocycles. The van der Waals surface area contributed by atoms with E-state index in [0.29, 0.717) is 0 Å². The molecule has 0 bridgehead atoms. The first-order valence-corrected chi connectivity index (χ1v) is 3.42. The Labute approximate surface area is 63.7 Å². The second kappa shape index (κ2) is 5.08. The van der Waals surface area contributed by atoms with Crippen LogP contribution >= 0.6 is 0 Å². The van der Waals surface area contributed by atoms with Gasteiger partial charge in [0.15, 0.2) is 0 Å². The van der Waals surface area contributed by atoms with E-state index in [-0.39, 0.29) is 0 Å². The summed E-state index contributed by atoms with van der Waals surface area (Å²) in [5.41, 5.74) is 1.34. The van der Waals surface area contributed by atoms with Gasteiger partial charge in [-0.1, -0.05) is 17.6 Å². The summed E-state index contributed by atoms with van der Waals surface area (Å²) in [7, 11) is 2.01. The maximum atomic E-state index is 5.12. The standard InChI is InChI=1S/C9H15N/c1-5-7-10(4)8-6-9(2)3/h1,6H,7-8H2,2-4H3. The molecule has 0 saturated heterocycles. The highest BCUT2D eigenvalue weighted by molar-refractivity contribution is 4.96. The van der Waals surface area contributed by atoms with Gasteiger partial charge in [-0.05, 0) is 20.9 Å². The summed E-state index contributed by atoms with van der Waals surface area (Å²) in [5.74, 6) is 2.59. The molecule has 0 unspecified atom stereocenters. The van der Waals surface area contributed by atoms with E-state index in [0.717, 1.165) is 13.1 Å². The Morgan fingerprint density at radius 1 is 1.60 bits per heavy atom. The number of hydrogen-bond donors (Lipinski definition) is 0. The molecule has 0 fully saturated rings. The minimum atomic E-state index is 0.726. The van der Waals surface area contributed by atoms with Gasteiger partial charge in [-0.2, -0.15) is 0 Å². The van der Waals surface area contributed by atoms with E-state index in [1.165, 1.54) is 5.57 Å². The third kappa shape index (κ3) is 5.40. The molecule has 0 amide bonds. The molecule has 0 aliphatic rings. The van der Waals surface area contributed by atoms with E-state index in [1.807, 2.05) is 7.05 Å². The average Bonchev–Trinajstić information content (AvgIpc) is 1.85. The minimum absolute atomic E-state index is 0.726. The summed E-state index contributed by atoms with van der Waals surface area (Å²) in [6.07, 6.45) is 7.29. The van der Waals surface area contributed by atoms with Crippen LogP contribution in [0, 0.1) is 12.3 Å². The van der Waals surface area contributed by atoms with E-state index in [1.54, 1.807) is 0 Å². The third-order valence-corrected chi connectivity index (χ3v) is 1.17. The van der Waals surface area contributed by atoms with Crippen molar-refractivity contribution in [2.24, 2.45) is 0 Å². The van der Waals surface area contributed by atoms with Crippen molar-refractivity contribution >= 4 is 0 Å². The van der Waals surface area contributed by atoms with Crippen molar-refractivity contribution in [3.63, 3.8) is 0 Å². The van der Waals surface area contributed by atoms with Crippen molar-refractivity contribution in [3.05, 3.63) is 11.6 Å². The topological polar surface area (TPSA) is 3.24 Å². The van der Waals surface area contributed by atoms with Crippen LogP contribution in [-0.2, 0) is 0 Å².